The molecule has 1 saturated heterocycles. The van der Waals surface area contributed by atoms with E-state index in [1.165, 1.54) is 38.8 Å². The van der Waals surface area contributed by atoms with Crippen LogP contribution in [0.3, 0.4) is 0 Å². The fourth-order valence-corrected chi connectivity index (χ4v) is 3.70. The van der Waals surface area contributed by atoms with Crippen molar-refractivity contribution in [2.24, 2.45) is 0 Å². The van der Waals surface area contributed by atoms with E-state index >= 15 is 0 Å². The summed E-state index contributed by atoms with van der Waals surface area (Å²) < 4.78 is 16.0. The van der Waals surface area contributed by atoms with Gasteiger partial charge in [-0.3, -0.25) is 9.36 Å². The average molecular weight is 414 g/mol. The Morgan fingerprint density at radius 3 is 2.53 bits per heavy atom. The zero-order chi connectivity index (χ0) is 21.5. The maximum Gasteiger partial charge on any atom is 0.319 e. The van der Waals surface area contributed by atoms with Crippen LogP contribution in [0.2, 0.25) is 0 Å². The van der Waals surface area contributed by atoms with Crippen LogP contribution in [0.4, 0.5) is 9.18 Å². The molecule has 3 aromatic rings. The highest BCUT2D eigenvalue weighted by Gasteiger charge is 2.35. The highest BCUT2D eigenvalue weighted by molar-refractivity contribution is 5.75. The molecule has 0 radical (unpaired) electrons. The van der Waals surface area contributed by atoms with Gasteiger partial charge in [0.05, 0.1) is 24.0 Å². The molecule has 2 amide bonds. The lowest BCUT2D eigenvalue weighted by atomic mass is 9.91. The molecule has 10 heteroatoms. The minimum atomic E-state index is -1.10. The number of likely N-dealkylation sites (tertiary alicyclic amines) is 1. The van der Waals surface area contributed by atoms with E-state index in [9.17, 15) is 19.1 Å². The van der Waals surface area contributed by atoms with Gasteiger partial charge in [0.1, 0.15) is 17.5 Å². The molecule has 1 aliphatic rings. The number of nitrogens with zero attached hydrogens (tertiary/aromatic N) is 6. The third kappa shape index (κ3) is 3.65. The Morgan fingerprint density at radius 2 is 1.90 bits per heavy atom. The van der Waals surface area contributed by atoms with Crippen LogP contribution < -0.4 is 5.56 Å². The second-order valence-electron chi connectivity index (χ2n) is 7.84. The Kier molecular flexibility index (Phi) is 5.02. The van der Waals surface area contributed by atoms with Crippen molar-refractivity contribution in [2.75, 3.05) is 27.2 Å². The molecule has 1 aliphatic heterocycles. The van der Waals surface area contributed by atoms with Gasteiger partial charge < -0.3 is 14.9 Å². The first-order valence-electron chi connectivity index (χ1n) is 9.65. The number of fused-ring (bicyclic) bond motifs is 1. The molecule has 3 heterocycles. The summed E-state index contributed by atoms with van der Waals surface area (Å²) in [4.78, 5) is 32.6. The molecule has 1 N–H and O–H groups in total. The molecule has 9 nitrogen and oxygen atoms in total. The molecular formula is C20H23FN6O3. The maximum atomic E-state index is 13.2. The molecule has 0 bridgehead atoms. The number of benzene rings is 1. The van der Waals surface area contributed by atoms with E-state index in [4.69, 9.17) is 0 Å². The summed E-state index contributed by atoms with van der Waals surface area (Å²) in [6, 6.07) is 5.64. The van der Waals surface area contributed by atoms with E-state index in [1.54, 1.807) is 31.1 Å². The Hall–Kier alpha value is -3.27. The third-order valence-corrected chi connectivity index (χ3v) is 5.44. The normalized spacial score (nSPS) is 16.1. The average Bonchev–Trinajstić information content (AvgIpc) is 3.15. The second-order valence-corrected chi connectivity index (χ2v) is 7.84. The molecule has 1 fully saturated rings. The van der Waals surface area contributed by atoms with Gasteiger partial charge >= 0.3 is 6.03 Å². The highest BCUT2D eigenvalue weighted by Crippen LogP contribution is 2.24. The molecular weight excluding hydrogens is 391 g/mol. The van der Waals surface area contributed by atoms with Gasteiger partial charge in [-0.2, -0.15) is 5.10 Å². The number of rotatable bonds is 3. The van der Waals surface area contributed by atoms with E-state index in [0.29, 0.717) is 42.7 Å². The summed E-state index contributed by atoms with van der Waals surface area (Å²) in [6.45, 7) is 0.918. The quantitative estimate of drug-likeness (QED) is 0.695. The van der Waals surface area contributed by atoms with Crippen molar-refractivity contribution >= 4 is 17.1 Å². The maximum absolute atomic E-state index is 13.2. The van der Waals surface area contributed by atoms with Crippen molar-refractivity contribution in [3.63, 3.8) is 0 Å². The Labute approximate surface area is 172 Å². The van der Waals surface area contributed by atoms with Gasteiger partial charge in [-0.15, -0.1) is 0 Å². The van der Waals surface area contributed by atoms with Gasteiger partial charge in [0.15, 0.2) is 5.65 Å². The summed E-state index contributed by atoms with van der Waals surface area (Å²) in [5, 5.41) is 15.5. The molecule has 30 heavy (non-hydrogen) atoms. The third-order valence-electron chi connectivity index (χ3n) is 5.44. The second kappa shape index (κ2) is 7.52. The summed E-state index contributed by atoms with van der Waals surface area (Å²) in [5.74, 6) is -0.364. The molecule has 1 aromatic carbocycles. The van der Waals surface area contributed by atoms with Crippen molar-refractivity contribution in [2.45, 2.75) is 25.0 Å². The van der Waals surface area contributed by atoms with Crippen molar-refractivity contribution in [1.29, 1.82) is 0 Å². The van der Waals surface area contributed by atoms with Crippen LogP contribution in [-0.4, -0.2) is 73.1 Å². The van der Waals surface area contributed by atoms with Crippen LogP contribution in [0.25, 0.3) is 16.7 Å². The van der Waals surface area contributed by atoms with Gasteiger partial charge in [0.2, 0.25) is 0 Å². The first-order chi connectivity index (χ1) is 14.3. The lowest BCUT2D eigenvalue weighted by Crippen LogP contribution is -2.51. The lowest BCUT2D eigenvalue weighted by Gasteiger charge is -2.39. The van der Waals surface area contributed by atoms with Crippen LogP contribution in [0.15, 0.2) is 41.6 Å². The van der Waals surface area contributed by atoms with Crippen LogP contribution in [0.5, 0.6) is 0 Å². The van der Waals surface area contributed by atoms with Crippen molar-refractivity contribution < 1.29 is 14.3 Å². The number of aliphatic hydroxyl groups is 1. The van der Waals surface area contributed by atoms with Crippen LogP contribution in [0, 0.1) is 5.82 Å². The zero-order valence-corrected chi connectivity index (χ0v) is 16.8. The van der Waals surface area contributed by atoms with Crippen LogP contribution in [-0.2, 0) is 6.54 Å². The van der Waals surface area contributed by atoms with E-state index in [0.717, 1.165) is 0 Å². The first-order valence-corrected chi connectivity index (χ1v) is 9.65. The smallest absolute Gasteiger partial charge is 0.319 e. The number of carbonyl (C=O) groups excluding carboxylic acids is 1. The largest absolute Gasteiger partial charge is 0.388 e. The highest BCUT2D eigenvalue weighted by atomic mass is 19.1. The number of hydrogen-bond donors (Lipinski definition) is 1. The number of aromatic nitrogens is 4. The van der Waals surface area contributed by atoms with E-state index in [1.807, 2.05) is 0 Å². The number of urea groups is 1. The SMILES string of the molecule is CN(C)C(=O)N1CCC(O)(Cn2cnc3c(cnn3-c3ccc(F)cc3)c2=O)CC1. The molecule has 2 aromatic heterocycles. The fourth-order valence-electron chi connectivity index (χ4n) is 3.70. The number of halogens is 1. The zero-order valence-electron chi connectivity index (χ0n) is 16.8. The van der Waals surface area contributed by atoms with E-state index in [-0.39, 0.29) is 24.0 Å². The van der Waals surface area contributed by atoms with Gasteiger partial charge in [-0.25, -0.2) is 18.9 Å². The molecule has 0 atom stereocenters. The number of piperidine rings is 1. The van der Waals surface area contributed by atoms with Gasteiger partial charge in [-0.05, 0) is 37.1 Å². The minimum absolute atomic E-state index is 0.0838. The predicted octanol–water partition coefficient (Wildman–Crippen LogP) is 1.23. The standard InChI is InChI=1S/C20H23FN6O3/c1-24(2)19(29)25-9-7-20(30,8-10-25)12-26-13-22-17-16(18(26)28)11-23-27(17)15-5-3-14(21)4-6-15/h3-6,11,13,30H,7-10,12H2,1-2H3. The topological polar surface area (TPSA) is 96.5 Å². The lowest BCUT2D eigenvalue weighted by molar-refractivity contribution is -0.0282. The predicted molar refractivity (Wildman–Crippen MR) is 108 cm³/mol. The first kappa shape index (κ1) is 20.0. The van der Waals surface area contributed by atoms with E-state index in [2.05, 4.69) is 10.1 Å². The molecule has 0 aliphatic carbocycles. The van der Waals surface area contributed by atoms with Gasteiger partial charge in [-0.1, -0.05) is 0 Å². The number of carbonyl (C=O) groups is 1. The van der Waals surface area contributed by atoms with Crippen LogP contribution >= 0.6 is 0 Å². The molecule has 4 rings (SSSR count). The van der Waals surface area contributed by atoms with Crippen molar-refractivity contribution in [1.82, 2.24) is 29.1 Å². The van der Waals surface area contributed by atoms with Crippen molar-refractivity contribution in [3.8, 4) is 5.69 Å². The molecule has 0 saturated carbocycles. The summed E-state index contributed by atoms with van der Waals surface area (Å²) in [6.07, 6.45) is 3.55. The Balaban J connectivity index is 1.56. The molecule has 0 spiro atoms. The van der Waals surface area contributed by atoms with Crippen molar-refractivity contribution in [3.05, 3.63) is 53.0 Å². The summed E-state index contributed by atoms with van der Waals surface area (Å²) in [7, 11) is 3.38. The van der Waals surface area contributed by atoms with Gasteiger partial charge in [0.25, 0.3) is 5.56 Å². The van der Waals surface area contributed by atoms with Gasteiger partial charge in [0, 0.05) is 27.2 Å². The summed E-state index contributed by atoms with van der Waals surface area (Å²) in [5.41, 5.74) is -0.461. The molecule has 158 valence electrons. The molecule has 0 unspecified atom stereocenters. The monoisotopic (exact) mass is 414 g/mol. The van der Waals surface area contributed by atoms with E-state index < -0.39 is 5.60 Å². The minimum Gasteiger partial charge on any atom is -0.388 e. The fraction of sp³-hybridized carbons (Fsp3) is 0.400. The Morgan fingerprint density at radius 1 is 1.23 bits per heavy atom. The summed E-state index contributed by atoms with van der Waals surface area (Å²) >= 11 is 0. The Bertz CT molecular complexity index is 1130. The number of hydrogen-bond acceptors (Lipinski definition) is 5. The van der Waals surface area contributed by atoms with Crippen LogP contribution in [0.1, 0.15) is 12.8 Å². The number of amides is 2.